The fraction of sp³-hybridized carbons (Fsp3) is 0.364. The van der Waals surface area contributed by atoms with Crippen molar-refractivity contribution in [3.63, 3.8) is 0 Å². The van der Waals surface area contributed by atoms with Crippen LogP contribution in [0.3, 0.4) is 0 Å². The van der Waals surface area contributed by atoms with E-state index in [0.29, 0.717) is 6.04 Å². The van der Waals surface area contributed by atoms with Crippen LogP contribution in [0.5, 0.6) is 0 Å². The second kappa shape index (κ2) is 3.30. The van der Waals surface area contributed by atoms with E-state index in [2.05, 4.69) is 10.3 Å². The molecule has 1 aliphatic rings. The molecule has 1 saturated carbocycles. The molecule has 1 fully saturated rings. The molecule has 1 heterocycles. The number of nitrogens with zero attached hydrogens (tertiary/aromatic N) is 3. The van der Waals surface area contributed by atoms with Crippen molar-refractivity contribution in [3.05, 3.63) is 23.8 Å². The smallest absolute Gasteiger partial charge is 0.307 e. The molecule has 3 rings (SSSR count). The standard InChI is InChI=1S/C11H11N3O2/c15-11(16)6-7-1-4-9-10(5-7)14(13-12-9)8-2-3-8/h1,4-5,8H,2-3,6H2,(H,15,16). The zero-order chi connectivity index (χ0) is 11.1. The average molecular weight is 217 g/mol. The van der Waals surface area contributed by atoms with Gasteiger partial charge in [-0.3, -0.25) is 4.79 Å². The Morgan fingerprint density at radius 1 is 1.50 bits per heavy atom. The molecule has 0 saturated heterocycles. The number of hydrogen-bond donors (Lipinski definition) is 1. The highest BCUT2D eigenvalue weighted by Crippen LogP contribution is 2.36. The fourth-order valence-corrected chi connectivity index (χ4v) is 1.86. The summed E-state index contributed by atoms with van der Waals surface area (Å²) >= 11 is 0. The number of benzene rings is 1. The van der Waals surface area contributed by atoms with E-state index in [9.17, 15) is 4.79 Å². The monoisotopic (exact) mass is 217 g/mol. The predicted octanol–water partition coefficient (Wildman–Crippen LogP) is 1.39. The lowest BCUT2D eigenvalue weighted by molar-refractivity contribution is -0.136. The Morgan fingerprint density at radius 2 is 2.31 bits per heavy atom. The molecular formula is C11H11N3O2. The zero-order valence-electron chi connectivity index (χ0n) is 8.63. The number of aliphatic carboxylic acids is 1. The van der Waals surface area contributed by atoms with Gasteiger partial charge in [-0.2, -0.15) is 0 Å². The zero-order valence-corrected chi connectivity index (χ0v) is 8.63. The van der Waals surface area contributed by atoms with Gasteiger partial charge in [0.25, 0.3) is 0 Å². The largest absolute Gasteiger partial charge is 0.481 e. The Bertz CT molecular complexity index is 557. The van der Waals surface area contributed by atoms with Crippen molar-refractivity contribution in [1.82, 2.24) is 15.0 Å². The van der Waals surface area contributed by atoms with Gasteiger partial charge in [-0.1, -0.05) is 11.3 Å². The minimum Gasteiger partial charge on any atom is -0.481 e. The van der Waals surface area contributed by atoms with Gasteiger partial charge in [0.15, 0.2) is 0 Å². The van der Waals surface area contributed by atoms with Crippen LogP contribution >= 0.6 is 0 Å². The van der Waals surface area contributed by atoms with E-state index in [0.717, 1.165) is 29.4 Å². The van der Waals surface area contributed by atoms with Gasteiger partial charge in [-0.25, -0.2) is 4.68 Å². The molecule has 5 heteroatoms. The Labute approximate surface area is 91.7 Å². The number of fused-ring (bicyclic) bond motifs is 1. The summed E-state index contributed by atoms with van der Waals surface area (Å²) in [5.41, 5.74) is 2.58. The minimum absolute atomic E-state index is 0.0474. The third-order valence-corrected chi connectivity index (χ3v) is 2.78. The van der Waals surface area contributed by atoms with Crippen LogP contribution in [0.25, 0.3) is 11.0 Å². The van der Waals surface area contributed by atoms with E-state index in [1.54, 1.807) is 6.07 Å². The Balaban J connectivity index is 2.06. The maximum absolute atomic E-state index is 10.6. The van der Waals surface area contributed by atoms with E-state index in [4.69, 9.17) is 5.11 Å². The fourth-order valence-electron chi connectivity index (χ4n) is 1.86. The van der Waals surface area contributed by atoms with Crippen LogP contribution in [0.2, 0.25) is 0 Å². The first-order chi connectivity index (χ1) is 7.74. The molecule has 1 N–H and O–H groups in total. The number of carboxylic acids is 1. The summed E-state index contributed by atoms with van der Waals surface area (Å²) in [4.78, 5) is 10.6. The first-order valence-electron chi connectivity index (χ1n) is 5.29. The van der Waals surface area contributed by atoms with Crippen LogP contribution in [0.15, 0.2) is 18.2 Å². The van der Waals surface area contributed by atoms with Crippen molar-refractivity contribution in [1.29, 1.82) is 0 Å². The lowest BCUT2D eigenvalue weighted by Crippen LogP contribution is -2.01. The molecule has 82 valence electrons. The van der Waals surface area contributed by atoms with E-state index < -0.39 is 5.97 Å². The summed E-state index contributed by atoms with van der Waals surface area (Å²) in [5.74, 6) is -0.815. The Morgan fingerprint density at radius 3 is 3.00 bits per heavy atom. The Hall–Kier alpha value is -1.91. The topological polar surface area (TPSA) is 68.0 Å². The second-order valence-corrected chi connectivity index (χ2v) is 4.16. The highest BCUT2D eigenvalue weighted by molar-refractivity contribution is 5.78. The number of carboxylic acid groups (broad SMARTS) is 1. The first kappa shape index (κ1) is 9.33. The van der Waals surface area contributed by atoms with Crippen LogP contribution in [0.1, 0.15) is 24.4 Å². The maximum atomic E-state index is 10.6. The molecule has 0 amide bonds. The van der Waals surface area contributed by atoms with Crippen LogP contribution < -0.4 is 0 Å². The average Bonchev–Trinajstić information content (AvgIpc) is 2.98. The Kier molecular flexibility index (Phi) is 1.92. The summed E-state index contributed by atoms with van der Waals surface area (Å²) in [5, 5.41) is 16.9. The van der Waals surface area contributed by atoms with Crippen LogP contribution in [0, 0.1) is 0 Å². The van der Waals surface area contributed by atoms with Crippen molar-refractivity contribution in [2.24, 2.45) is 0 Å². The molecule has 1 aromatic carbocycles. The molecule has 0 aliphatic heterocycles. The highest BCUT2D eigenvalue weighted by Gasteiger charge is 2.26. The van der Waals surface area contributed by atoms with Crippen molar-refractivity contribution in [2.75, 3.05) is 0 Å². The summed E-state index contributed by atoms with van der Waals surface area (Å²) < 4.78 is 1.90. The molecular weight excluding hydrogens is 206 g/mol. The van der Waals surface area contributed by atoms with Crippen molar-refractivity contribution < 1.29 is 9.90 Å². The molecule has 2 aromatic rings. The number of carbonyl (C=O) groups is 1. The molecule has 16 heavy (non-hydrogen) atoms. The van der Waals surface area contributed by atoms with E-state index in [1.165, 1.54) is 0 Å². The molecule has 1 aliphatic carbocycles. The van der Waals surface area contributed by atoms with E-state index >= 15 is 0 Å². The summed E-state index contributed by atoms with van der Waals surface area (Å²) in [7, 11) is 0. The van der Waals surface area contributed by atoms with Gasteiger partial charge in [-0.15, -0.1) is 5.10 Å². The number of aromatic nitrogens is 3. The van der Waals surface area contributed by atoms with E-state index in [1.807, 2.05) is 16.8 Å². The lowest BCUT2D eigenvalue weighted by Gasteiger charge is -2.00. The summed E-state index contributed by atoms with van der Waals surface area (Å²) in [6, 6.07) is 5.97. The van der Waals surface area contributed by atoms with Crippen LogP contribution in [-0.4, -0.2) is 26.1 Å². The first-order valence-corrected chi connectivity index (χ1v) is 5.29. The van der Waals surface area contributed by atoms with Crippen molar-refractivity contribution in [3.8, 4) is 0 Å². The molecule has 0 radical (unpaired) electrons. The minimum atomic E-state index is -0.815. The normalized spacial score (nSPS) is 15.5. The summed E-state index contributed by atoms with van der Waals surface area (Å²) in [6.07, 6.45) is 2.33. The van der Waals surface area contributed by atoms with Gasteiger partial charge in [-0.05, 0) is 30.5 Å². The number of rotatable bonds is 3. The highest BCUT2D eigenvalue weighted by atomic mass is 16.4. The number of hydrogen-bond acceptors (Lipinski definition) is 3. The summed E-state index contributed by atoms with van der Waals surface area (Å²) in [6.45, 7) is 0. The lowest BCUT2D eigenvalue weighted by atomic mass is 10.1. The third kappa shape index (κ3) is 1.54. The van der Waals surface area contributed by atoms with Gasteiger partial charge in [0.05, 0.1) is 18.0 Å². The van der Waals surface area contributed by atoms with Crippen LogP contribution in [0.4, 0.5) is 0 Å². The molecule has 0 spiro atoms. The van der Waals surface area contributed by atoms with Gasteiger partial charge in [0.1, 0.15) is 5.52 Å². The van der Waals surface area contributed by atoms with Crippen LogP contribution in [-0.2, 0) is 11.2 Å². The third-order valence-electron chi connectivity index (χ3n) is 2.78. The van der Waals surface area contributed by atoms with Gasteiger partial charge < -0.3 is 5.11 Å². The van der Waals surface area contributed by atoms with Gasteiger partial charge >= 0.3 is 5.97 Å². The maximum Gasteiger partial charge on any atom is 0.307 e. The van der Waals surface area contributed by atoms with Gasteiger partial charge in [0, 0.05) is 0 Å². The van der Waals surface area contributed by atoms with Crippen molar-refractivity contribution in [2.45, 2.75) is 25.3 Å². The van der Waals surface area contributed by atoms with Gasteiger partial charge in [0.2, 0.25) is 0 Å². The second-order valence-electron chi connectivity index (χ2n) is 4.16. The SMILES string of the molecule is O=C(O)Cc1ccc2nnn(C3CC3)c2c1. The molecule has 5 nitrogen and oxygen atoms in total. The molecule has 0 atom stereocenters. The molecule has 0 unspecified atom stereocenters. The van der Waals surface area contributed by atoms with E-state index in [-0.39, 0.29) is 6.42 Å². The van der Waals surface area contributed by atoms with Crippen molar-refractivity contribution >= 4 is 17.0 Å². The molecule has 1 aromatic heterocycles. The quantitative estimate of drug-likeness (QED) is 0.843. The predicted molar refractivity (Wildman–Crippen MR) is 57.1 cm³/mol. The molecule has 0 bridgehead atoms.